The van der Waals surface area contributed by atoms with Crippen molar-refractivity contribution in [3.05, 3.63) is 28.2 Å². The van der Waals surface area contributed by atoms with Crippen molar-refractivity contribution >= 4 is 40.7 Å². The van der Waals surface area contributed by atoms with Gasteiger partial charge >= 0.3 is 0 Å². The summed E-state index contributed by atoms with van der Waals surface area (Å²) in [7, 11) is 0. The largest absolute Gasteiger partial charge is 0.301 e. The number of carbonyl (C=O) groups excluding carboxylic acids is 2. The quantitative estimate of drug-likeness (QED) is 0.780. The Bertz CT molecular complexity index is 630. The van der Waals surface area contributed by atoms with E-state index in [-0.39, 0.29) is 23.3 Å². The van der Waals surface area contributed by atoms with Gasteiger partial charge in [0.2, 0.25) is 5.91 Å². The number of anilines is 1. The fourth-order valence-corrected chi connectivity index (χ4v) is 3.59. The van der Waals surface area contributed by atoms with Crippen molar-refractivity contribution in [2.24, 2.45) is 0 Å². The zero-order chi connectivity index (χ0) is 16.6. The van der Waals surface area contributed by atoms with Crippen LogP contribution < -0.4 is 4.90 Å². The Morgan fingerprint density at radius 2 is 1.83 bits per heavy atom. The zero-order valence-electron chi connectivity index (χ0n) is 13.0. The first kappa shape index (κ1) is 16.7. The molecule has 124 valence electrons. The molecule has 7 heteroatoms. The lowest BCUT2D eigenvalue weighted by atomic mass is 10.1. The molecule has 0 aliphatic carbocycles. The van der Waals surface area contributed by atoms with Crippen LogP contribution in [0, 0.1) is 0 Å². The first-order valence-electron chi connectivity index (χ1n) is 7.80. The van der Waals surface area contributed by atoms with Gasteiger partial charge in [0.1, 0.15) is 0 Å². The summed E-state index contributed by atoms with van der Waals surface area (Å²) in [5.74, 6) is -0.425. The second-order valence-electron chi connectivity index (χ2n) is 5.83. The van der Waals surface area contributed by atoms with Crippen molar-refractivity contribution < 1.29 is 9.59 Å². The van der Waals surface area contributed by atoms with Gasteiger partial charge < -0.3 is 4.90 Å². The number of amides is 2. The smallest absolute Gasteiger partial charge is 0.251 e. The third-order valence-electron chi connectivity index (χ3n) is 4.59. The molecule has 23 heavy (non-hydrogen) atoms. The van der Waals surface area contributed by atoms with E-state index >= 15 is 0 Å². The summed E-state index contributed by atoms with van der Waals surface area (Å²) in [6.07, 6.45) is 0.202. The molecule has 0 saturated carbocycles. The standard InChI is InChI=1S/C16H19Cl2N3O2/c1-2-19-6-8-20(9-7-19)13-10-14(22)21(16(13)23)12-5-3-4-11(17)15(12)18/h3-5,13H,2,6-10H2,1H3/t13-/m1/s1. The average Bonchev–Trinajstić information content (AvgIpc) is 2.85. The Labute approximate surface area is 145 Å². The van der Waals surface area contributed by atoms with Crippen molar-refractivity contribution in [2.45, 2.75) is 19.4 Å². The summed E-state index contributed by atoms with van der Waals surface area (Å²) in [5, 5.41) is 0.581. The molecule has 2 aliphatic heterocycles. The van der Waals surface area contributed by atoms with Crippen LogP contribution in [-0.4, -0.2) is 60.4 Å². The topological polar surface area (TPSA) is 43.9 Å². The SMILES string of the molecule is CCN1CCN([C@@H]2CC(=O)N(c3cccc(Cl)c3Cl)C2=O)CC1. The van der Waals surface area contributed by atoms with Gasteiger partial charge in [-0.3, -0.25) is 14.5 Å². The Morgan fingerprint density at radius 3 is 2.48 bits per heavy atom. The Kier molecular flexibility index (Phi) is 4.92. The Hall–Kier alpha value is -1.14. The lowest BCUT2D eigenvalue weighted by molar-refractivity contribution is -0.123. The minimum atomic E-state index is -0.392. The van der Waals surface area contributed by atoms with Crippen molar-refractivity contribution in [3.8, 4) is 0 Å². The molecular weight excluding hydrogens is 337 g/mol. The highest BCUT2D eigenvalue weighted by Crippen LogP contribution is 2.36. The lowest BCUT2D eigenvalue weighted by Gasteiger charge is -2.36. The summed E-state index contributed by atoms with van der Waals surface area (Å²) in [5.41, 5.74) is 0.379. The average molecular weight is 356 g/mol. The van der Waals surface area contributed by atoms with Gasteiger partial charge in [0, 0.05) is 26.2 Å². The molecule has 0 radical (unpaired) electrons. The maximum absolute atomic E-state index is 12.8. The zero-order valence-corrected chi connectivity index (χ0v) is 14.5. The minimum absolute atomic E-state index is 0.202. The molecule has 1 aromatic rings. The number of hydrogen-bond acceptors (Lipinski definition) is 4. The normalized spacial score (nSPS) is 23.8. The van der Waals surface area contributed by atoms with Crippen LogP contribution in [-0.2, 0) is 9.59 Å². The molecule has 0 bridgehead atoms. The van der Waals surface area contributed by atoms with Crippen molar-refractivity contribution in [1.82, 2.24) is 9.80 Å². The number of benzene rings is 1. The van der Waals surface area contributed by atoms with E-state index in [0.29, 0.717) is 10.7 Å². The Balaban J connectivity index is 1.79. The molecule has 5 nitrogen and oxygen atoms in total. The molecule has 2 heterocycles. The molecule has 0 aromatic heterocycles. The van der Waals surface area contributed by atoms with E-state index in [0.717, 1.165) is 32.7 Å². The summed E-state index contributed by atoms with van der Waals surface area (Å²) >= 11 is 12.2. The third kappa shape index (κ3) is 3.11. The Morgan fingerprint density at radius 1 is 1.13 bits per heavy atom. The van der Waals surface area contributed by atoms with E-state index < -0.39 is 6.04 Å². The van der Waals surface area contributed by atoms with Gasteiger partial charge in [-0.2, -0.15) is 0 Å². The van der Waals surface area contributed by atoms with Crippen LogP contribution in [0.15, 0.2) is 18.2 Å². The second-order valence-corrected chi connectivity index (χ2v) is 6.62. The number of hydrogen-bond donors (Lipinski definition) is 0. The summed E-state index contributed by atoms with van der Waals surface area (Å²) in [6, 6.07) is 4.59. The molecule has 0 unspecified atom stereocenters. The fourth-order valence-electron chi connectivity index (χ4n) is 3.21. The molecular formula is C16H19Cl2N3O2. The number of halogens is 2. The monoisotopic (exact) mass is 355 g/mol. The molecule has 1 atom stereocenters. The minimum Gasteiger partial charge on any atom is -0.301 e. The van der Waals surface area contributed by atoms with Crippen LogP contribution in [0.25, 0.3) is 0 Å². The molecule has 0 N–H and O–H groups in total. The number of likely N-dealkylation sites (N-methyl/N-ethyl adjacent to an activating group) is 1. The highest BCUT2D eigenvalue weighted by Gasteiger charge is 2.44. The van der Waals surface area contributed by atoms with Gasteiger partial charge in [-0.15, -0.1) is 0 Å². The van der Waals surface area contributed by atoms with Crippen LogP contribution >= 0.6 is 23.2 Å². The first-order chi connectivity index (χ1) is 11.0. The van der Waals surface area contributed by atoms with E-state index in [1.165, 1.54) is 4.90 Å². The van der Waals surface area contributed by atoms with Crippen LogP contribution in [0.2, 0.25) is 10.0 Å². The van der Waals surface area contributed by atoms with Crippen LogP contribution in [0.5, 0.6) is 0 Å². The van der Waals surface area contributed by atoms with Gasteiger partial charge in [-0.25, -0.2) is 4.90 Å². The number of rotatable bonds is 3. The molecule has 1 aromatic carbocycles. The first-order valence-corrected chi connectivity index (χ1v) is 8.55. The lowest BCUT2D eigenvalue weighted by Crippen LogP contribution is -2.52. The van der Waals surface area contributed by atoms with Gasteiger partial charge in [-0.1, -0.05) is 36.2 Å². The van der Waals surface area contributed by atoms with Crippen molar-refractivity contribution in [1.29, 1.82) is 0 Å². The van der Waals surface area contributed by atoms with E-state index in [2.05, 4.69) is 16.7 Å². The van der Waals surface area contributed by atoms with Crippen LogP contribution in [0.3, 0.4) is 0 Å². The summed E-state index contributed by atoms with van der Waals surface area (Å²) < 4.78 is 0. The predicted octanol–water partition coefficient (Wildman–Crippen LogP) is 2.26. The predicted molar refractivity (Wildman–Crippen MR) is 91.0 cm³/mol. The van der Waals surface area contributed by atoms with Crippen molar-refractivity contribution in [2.75, 3.05) is 37.6 Å². The maximum atomic E-state index is 12.8. The molecule has 3 rings (SSSR count). The number of nitrogens with zero attached hydrogens (tertiary/aromatic N) is 3. The molecule has 2 saturated heterocycles. The number of piperazine rings is 1. The van der Waals surface area contributed by atoms with Gasteiger partial charge in [0.05, 0.1) is 28.2 Å². The van der Waals surface area contributed by atoms with Gasteiger partial charge in [-0.05, 0) is 18.7 Å². The van der Waals surface area contributed by atoms with Crippen LogP contribution in [0.4, 0.5) is 5.69 Å². The van der Waals surface area contributed by atoms with E-state index in [1.54, 1.807) is 18.2 Å². The molecule has 0 spiro atoms. The number of imide groups is 1. The summed E-state index contributed by atoms with van der Waals surface area (Å²) in [4.78, 5) is 30.8. The molecule has 2 amide bonds. The van der Waals surface area contributed by atoms with Gasteiger partial charge in [0.15, 0.2) is 0 Å². The van der Waals surface area contributed by atoms with Crippen molar-refractivity contribution in [3.63, 3.8) is 0 Å². The van der Waals surface area contributed by atoms with E-state index in [9.17, 15) is 9.59 Å². The van der Waals surface area contributed by atoms with E-state index in [4.69, 9.17) is 23.2 Å². The number of carbonyl (C=O) groups is 2. The van der Waals surface area contributed by atoms with E-state index in [1.807, 2.05) is 0 Å². The van der Waals surface area contributed by atoms with Gasteiger partial charge in [0.25, 0.3) is 5.91 Å². The third-order valence-corrected chi connectivity index (χ3v) is 5.40. The van der Waals surface area contributed by atoms with Crippen LogP contribution in [0.1, 0.15) is 13.3 Å². The highest BCUT2D eigenvalue weighted by molar-refractivity contribution is 6.44. The molecule has 2 fully saturated rings. The fraction of sp³-hybridized carbons (Fsp3) is 0.500. The highest BCUT2D eigenvalue weighted by atomic mass is 35.5. The maximum Gasteiger partial charge on any atom is 0.251 e. The second kappa shape index (κ2) is 6.77. The molecule has 2 aliphatic rings. The summed E-state index contributed by atoms with van der Waals surface area (Å²) in [6.45, 7) is 6.58.